The summed E-state index contributed by atoms with van der Waals surface area (Å²) in [6.45, 7) is 0. The Hall–Kier alpha value is -3.70. The normalized spacial score (nSPS) is 23.7. The molecule has 0 saturated carbocycles. The molecule has 0 spiro atoms. The topological polar surface area (TPSA) is 25.8 Å². The maximum Gasteiger partial charge on any atom is 0.0909 e. The summed E-state index contributed by atoms with van der Waals surface area (Å²) in [5.74, 6) is 0. The average molecular weight is 607 g/mol. The van der Waals surface area contributed by atoms with Crippen molar-refractivity contribution in [2.24, 2.45) is 0 Å². The van der Waals surface area contributed by atoms with Crippen molar-refractivity contribution in [2.75, 3.05) is 0 Å². The molecule has 8 rings (SSSR count). The number of hydrogen-bond acceptors (Lipinski definition) is 2. The molecule has 4 atom stereocenters. The number of hydrogen-bond donors (Lipinski definition) is 0. The van der Waals surface area contributed by atoms with E-state index in [9.17, 15) is 0 Å². The molecule has 2 saturated heterocycles. The van der Waals surface area contributed by atoms with Crippen LogP contribution in [0.2, 0.25) is 0 Å². The first kappa shape index (κ1) is 27.8. The number of fused-ring (bicyclic) bond motifs is 1. The molecule has 0 bridgehead atoms. The minimum Gasteiger partial charge on any atom is -0.244 e. The minimum absolute atomic E-state index is 0.466. The van der Waals surface area contributed by atoms with E-state index >= 15 is 0 Å². The molecule has 2 aliphatic rings. The van der Waals surface area contributed by atoms with Gasteiger partial charge < -0.3 is 0 Å². The molecule has 3 heterocycles. The Bertz CT molecular complexity index is 1610. The lowest BCUT2D eigenvalue weighted by Crippen LogP contribution is -2.31. The Morgan fingerprint density at radius 1 is 0.341 bits per heavy atom. The lowest BCUT2D eigenvalue weighted by atomic mass is 10.0. The van der Waals surface area contributed by atoms with Crippen molar-refractivity contribution in [2.45, 2.75) is 48.3 Å². The molecule has 44 heavy (non-hydrogen) atoms. The van der Waals surface area contributed by atoms with Crippen LogP contribution in [0, 0.1) is 0 Å². The number of rotatable bonds is 6. The highest BCUT2D eigenvalue weighted by Gasteiger charge is 2.46. The van der Waals surface area contributed by atoms with Gasteiger partial charge in [-0.2, -0.15) is 0 Å². The van der Waals surface area contributed by atoms with Gasteiger partial charge in [-0.25, -0.2) is 9.97 Å². The number of benzene rings is 5. The second-order valence-corrected chi connectivity index (χ2v) is 17.0. The van der Waals surface area contributed by atoms with Gasteiger partial charge in [0, 0.05) is 22.6 Å². The number of nitrogens with zero attached hydrogens (tertiary/aromatic N) is 2. The van der Waals surface area contributed by atoms with Crippen molar-refractivity contribution in [1.29, 1.82) is 0 Å². The Morgan fingerprint density at radius 3 is 0.864 bits per heavy atom. The third-order valence-electron chi connectivity index (χ3n) is 9.53. The molecule has 2 nitrogen and oxygen atoms in total. The molecule has 0 N–H and O–H groups in total. The number of aromatic nitrogens is 2. The quantitative estimate of drug-likeness (QED) is 0.176. The van der Waals surface area contributed by atoms with Crippen molar-refractivity contribution < 1.29 is 0 Å². The molecule has 0 aliphatic carbocycles. The standard InChI is InChI=1S/C40H36N2P2/c1-5-15-29(16-6-1)35-25-26-36(30-17-7-2-8-18-30)43(35)39-40(42-34-24-14-13-23-33(34)41-39)44-37(31-19-9-3-10-20-31)27-28-38(44)32-21-11-4-12-22-32/h1-24,35-38H,25-28H2/t35-,36-,37?,38?,44?/m0/s1. The second-order valence-electron chi connectivity index (χ2n) is 12.0. The van der Waals surface area contributed by atoms with Crippen LogP contribution in [0.3, 0.4) is 0 Å². The molecule has 2 unspecified atom stereocenters. The van der Waals surface area contributed by atoms with Gasteiger partial charge in [-0.05, 0) is 75.9 Å². The zero-order valence-electron chi connectivity index (χ0n) is 24.8. The smallest absolute Gasteiger partial charge is 0.0909 e. The van der Waals surface area contributed by atoms with E-state index in [1.54, 1.807) is 0 Å². The van der Waals surface area contributed by atoms with Crippen molar-refractivity contribution in [3.8, 4) is 0 Å². The molecule has 0 amide bonds. The van der Waals surface area contributed by atoms with E-state index in [1.165, 1.54) is 58.8 Å². The van der Waals surface area contributed by atoms with Gasteiger partial charge >= 0.3 is 0 Å². The van der Waals surface area contributed by atoms with Gasteiger partial charge in [0.2, 0.25) is 0 Å². The molecule has 4 heteroatoms. The van der Waals surface area contributed by atoms with Gasteiger partial charge in [0.15, 0.2) is 0 Å². The largest absolute Gasteiger partial charge is 0.244 e. The van der Waals surface area contributed by atoms with Crippen LogP contribution in [0.1, 0.15) is 70.6 Å². The van der Waals surface area contributed by atoms with Gasteiger partial charge in [0.25, 0.3) is 0 Å². The molecule has 1 aromatic heterocycles. The molecular formula is C40H36N2P2. The van der Waals surface area contributed by atoms with Crippen molar-refractivity contribution in [3.63, 3.8) is 0 Å². The highest BCUT2D eigenvalue weighted by molar-refractivity contribution is 7.72. The SMILES string of the molecule is c1ccc(C2CCC(c3ccccc3)P2c2nc3ccccc3nc2P2[C@H](c3ccccc3)CC[C@H]2c2ccccc2)cc1. The van der Waals surface area contributed by atoms with E-state index in [0.717, 1.165) is 11.0 Å². The fourth-order valence-corrected chi connectivity index (χ4v) is 15.0. The zero-order chi connectivity index (χ0) is 29.3. The zero-order valence-corrected chi connectivity index (χ0v) is 26.6. The van der Waals surface area contributed by atoms with E-state index in [2.05, 4.69) is 146 Å². The summed E-state index contributed by atoms with van der Waals surface area (Å²) >= 11 is 0. The lowest BCUT2D eigenvalue weighted by molar-refractivity contribution is 0.765. The van der Waals surface area contributed by atoms with Gasteiger partial charge in [0.05, 0.1) is 21.9 Å². The van der Waals surface area contributed by atoms with Gasteiger partial charge in [-0.15, -0.1) is 0 Å². The van der Waals surface area contributed by atoms with Crippen LogP contribution >= 0.6 is 15.8 Å². The van der Waals surface area contributed by atoms with Crippen LogP contribution in [-0.2, 0) is 0 Å². The van der Waals surface area contributed by atoms with Crippen LogP contribution in [0.15, 0.2) is 146 Å². The summed E-state index contributed by atoms with van der Waals surface area (Å²) in [4.78, 5) is 11.4. The van der Waals surface area contributed by atoms with Gasteiger partial charge in [-0.1, -0.05) is 133 Å². The maximum atomic E-state index is 5.69. The summed E-state index contributed by atoms with van der Waals surface area (Å²) < 4.78 is 0. The monoisotopic (exact) mass is 606 g/mol. The average Bonchev–Trinajstić information content (AvgIpc) is 3.75. The molecular weight excluding hydrogens is 570 g/mol. The summed E-state index contributed by atoms with van der Waals surface area (Å²) in [5.41, 5.74) is 12.4. The van der Waals surface area contributed by atoms with E-state index < -0.39 is 15.8 Å². The predicted octanol–water partition coefficient (Wildman–Crippen LogP) is 10.4. The van der Waals surface area contributed by atoms with Crippen LogP contribution in [0.25, 0.3) is 11.0 Å². The summed E-state index contributed by atoms with van der Waals surface area (Å²) in [6, 6.07) is 53.6. The minimum atomic E-state index is -0.663. The molecule has 216 valence electrons. The second kappa shape index (κ2) is 12.4. The summed E-state index contributed by atoms with van der Waals surface area (Å²) in [5, 5.41) is 0. The van der Waals surface area contributed by atoms with Crippen LogP contribution in [0.4, 0.5) is 0 Å². The lowest BCUT2D eigenvalue weighted by Gasteiger charge is -2.32. The van der Waals surface area contributed by atoms with E-state index in [1.807, 2.05) is 0 Å². The highest BCUT2D eigenvalue weighted by Crippen LogP contribution is 2.73. The van der Waals surface area contributed by atoms with Crippen molar-refractivity contribution in [1.82, 2.24) is 9.97 Å². The maximum absolute atomic E-state index is 5.69. The number of para-hydroxylation sites is 2. The molecule has 2 fully saturated rings. The van der Waals surface area contributed by atoms with Gasteiger partial charge in [0.1, 0.15) is 0 Å². The van der Waals surface area contributed by atoms with Crippen LogP contribution < -0.4 is 10.9 Å². The first-order chi connectivity index (χ1) is 21.8. The Balaban J connectivity index is 1.37. The first-order valence-electron chi connectivity index (χ1n) is 15.9. The van der Waals surface area contributed by atoms with E-state index in [4.69, 9.17) is 9.97 Å². The Kier molecular flexibility index (Phi) is 7.81. The molecule has 0 radical (unpaired) electrons. The first-order valence-corrected chi connectivity index (χ1v) is 18.8. The Labute approximate surface area is 263 Å². The molecule has 5 aromatic carbocycles. The molecule has 2 aliphatic heterocycles. The Morgan fingerprint density at radius 2 is 0.591 bits per heavy atom. The van der Waals surface area contributed by atoms with E-state index in [-0.39, 0.29) is 0 Å². The molecule has 6 aromatic rings. The van der Waals surface area contributed by atoms with Crippen LogP contribution in [-0.4, -0.2) is 9.97 Å². The highest BCUT2D eigenvalue weighted by atomic mass is 31.1. The van der Waals surface area contributed by atoms with Gasteiger partial charge in [-0.3, -0.25) is 0 Å². The van der Waals surface area contributed by atoms with Crippen LogP contribution in [0.5, 0.6) is 0 Å². The fourth-order valence-electron chi connectivity index (χ4n) is 7.55. The predicted molar refractivity (Wildman–Crippen MR) is 188 cm³/mol. The fraction of sp³-hybridized carbons (Fsp3) is 0.200. The van der Waals surface area contributed by atoms with Crippen molar-refractivity contribution in [3.05, 3.63) is 168 Å². The van der Waals surface area contributed by atoms with Crippen molar-refractivity contribution >= 4 is 37.7 Å². The third kappa shape index (κ3) is 5.19. The summed E-state index contributed by atoms with van der Waals surface area (Å²) in [6.07, 6.45) is 4.74. The summed E-state index contributed by atoms with van der Waals surface area (Å²) in [7, 11) is -1.33. The third-order valence-corrected chi connectivity index (χ3v) is 16.2. The van der Waals surface area contributed by atoms with E-state index in [0.29, 0.717) is 22.6 Å².